The normalized spacial score (nSPS) is 11.1. The number of carbonyl (C=O) groups is 1. The van der Waals surface area contributed by atoms with Crippen LogP contribution in [0, 0.1) is 13.8 Å². The summed E-state index contributed by atoms with van der Waals surface area (Å²) < 4.78 is 2.04. The Balaban J connectivity index is 2.06. The number of halogens is 1. The summed E-state index contributed by atoms with van der Waals surface area (Å²) in [5.41, 5.74) is 3.96. The van der Waals surface area contributed by atoms with Gasteiger partial charge in [0, 0.05) is 35.6 Å². The first-order valence-corrected chi connectivity index (χ1v) is 7.36. The van der Waals surface area contributed by atoms with Crippen LogP contribution in [-0.2, 0) is 13.6 Å². The molecule has 0 saturated heterocycles. The molecule has 2 rings (SSSR count). The van der Waals surface area contributed by atoms with Crippen molar-refractivity contribution in [3.63, 3.8) is 0 Å². The van der Waals surface area contributed by atoms with Crippen LogP contribution in [0.15, 0.2) is 30.3 Å². The Hall–Kier alpha value is -1.58. The van der Waals surface area contributed by atoms with E-state index in [1.807, 2.05) is 67.7 Å². The molecule has 0 spiro atoms. The van der Waals surface area contributed by atoms with Crippen LogP contribution in [0.4, 0.5) is 0 Å². The minimum Gasteiger partial charge on any atom is -0.351 e. The molecule has 2 aromatic rings. The van der Waals surface area contributed by atoms with Gasteiger partial charge < -0.3 is 4.57 Å². The van der Waals surface area contributed by atoms with Crippen molar-refractivity contribution in [1.29, 1.82) is 0 Å². The van der Waals surface area contributed by atoms with Gasteiger partial charge in [-0.2, -0.15) is 0 Å². The van der Waals surface area contributed by atoms with Crippen molar-refractivity contribution in [3.8, 4) is 0 Å². The Kier molecular flexibility index (Phi) is 4.86. The van der Waals surface area contributed by atoms with Gasteiger partial charge in [-0.1, -0.05) is 29.8 Å². The lowest BCUT2D eigenvalue weighted by Gasteiger charge is -2.16. The second kappa shape index (κ2) is 6.46. The average molecular weight is 305 g/mol. The number of ketones is 1. The van der Waals surface area contributed by atoms with Crippen LogP contribution in [-0.4, -0.2) is 28.8 Å². The zero-order chi connectivity index (χ0) is 15.6. The van der Waals surface area contributed by atoms with Crippen molar-refractivity contribution in [2.24, 2.45) is 7.05 Å². The molecular formula is C17H21ClN2O. The molecule has 0 unspecified atom stereocenters. The molecule has 1 aromatic carbocycles. The topological polar surface area (TPSA) is 25.2 Å². The minimum atomic E-state index is 0.144. The third kappa shape index (κ3) is 3.55. The van der Waals surface area contributed by atoms with Crippen LogP contribution in [0.25, 0.3) is 0 Å². The van der Waals surface area contributed by atoms with Crippen LogP contribution in [0.5, 0.6) is 0 Å². The summed E-state index contributed by atoms with van der Waals surface area (Å²) >= 11 is 6.16. The standard InChI is InChI=1S/C17H21ClN2O/c1-12-9-15(13(2)20(12)4)17(21)11-19(3)10-14-7-5-6-8-16(14)18/h5-9H,10-11H2,1-4H3. The SMILES string of the molecule is Cc1cc(C(=O)CN(C)Cc2ccccc2Cl)c(C)n1C. The van der Waals surface area contributed by atoms with Crippen molar-refractivity contribution >= 4 is 17.4 Å². The van der Waals surface area contributed by atoms with Crippen molar-refractivity contribution in [2.45, 2.75) is 20.4 Å². The van der Waals surface area contributed by atoms with Crippen LogP contribution >= 0.6 is 11.6 Å². The number of carbonyl (C=O) groups excluding carboxylic acids is 1. The fourth-order valence-electron chi connectivity index (χ4n) is 2.44. The van der Waals surface area contributed by atoms with Crippen molar-refractivity contribution < 1.29 is 4.79 Å². The van der Waals surface area contributed by atoms with Gasteiger partial charge in [-0.05, 0) is 38.6 Å². The Morgan fingerprint density at radius 3 is 2.52 bits per heavy atom. The molecule has 0 N–H and O–H groups in total. The molecule has 4 heteroatoms. The Morgan fingerprint density at radius 2 is 1.95 bits per heavy atom. The lowest BCUT2D eigenvalue weighted by atomic mass is 10.1. The van der Waals surface area contributed by atoms with E-state index < -0.39 is 0 Å². The van der Waals surface area contributed by atoms with Gasteiger partial charge in [0.1, 0.15) is 0 Å². The van der Waals surface area contributed by atoms with E-state index in [9.17, 15) is 4.79 Å². The van der Waals surface area contributed by atoms with Gasteiger partial charge in [0.25, 0.3) is 0 Å². The molecule has 0 aliphatic heterocycles. The van der Waals surface area contributed by atoms with Crippen molar-refractivity contribution in [1.82, 2.24) is 9.47 Å². The summed E-state index contributed by atoms with van der Waals surface area (Å²) in [6, 6.07) is 9.69. The maximum absolute atomic E-state index is 12.4. The molecule has 21 heavy (non-hydrogen) atoms. The van der Waals surface area contributed by atoms with Crippen LogP contribution in [0.3, 0.4) is 0 Å². The van der Waals surface area contributed by atoms with E-state index in [1.54, 1.807) is 0 Å². The van der Waals surface area contributed by atoms with E-state index >= 15 is 0 Å². The molecule has 0 fully saturated rings. The van der Waals surface area contributed by atoms with E-state index in [1.165, 1.54) is 0 Å². The maximum Gasteiger partial charge on any atom is 0.178 e. The highest BCUT2D eigenvalue weighted by atomic mass is 35.5. The smallest absolute Gasteiger partial charge is 0.178 e. The highest BCUT2D eigenvalue weighted by Crippen LogP contribution is 2.18. The van der Waals surface area contributed by atoms with Gasteiger partial charge in [0.2, 0.25) is 0 Å². The first-order valence-electron chi connectivity index (χ1n) is 6.98. The molecule has 3 nitrogen and oxygen atoms in total. The summed E-state index contributed by atoms with van der Waals surface area (Å²) in [6.45, 7) is 5.04. The second-order valence-corrected chi connectivity index (χ2v) is 5.94. The highest BCUT2D eigenvalue weighted by Gasteiger charge is 2.16. The zero-order valence-corrected chi connectivity index (χ0v) is 13.7. The molecule has 0 saturated carbocycles. The van der Waals surface area contributed by atoms with Gasteiger partial charge in [-0.3, -0.25) is 9.69 Å². The number of aryl methyl sites for hydroxylation is 1. The third-order valence-corrected chi connectivity index (χ3v) is 4.26. The Labute approximate surface area is 131 Å². The minimum absolute atomic E-state index is 0.144. The molecule has 1 aromatic heterocycles. The fraction of sp³-hybridized carbons (Fsp3) is 0.353. The van der Waals surface area contributed by atoms with Gasteiger partial charge in [-0.15, -0.1) is 0 Å². The monoisotopic (exact) mass is 304 g/mol. The van der Waals surface area contributed by atoms with Gasteiger partial charge in [-0.25, -0.2) is 0 Å². The maximum atomic E-state index is 12.4. The number of nitrogens with zero attached hydrogens (tertiary/aromatic N) is 2. The molecule has 1 heterocycles. The van der Waals surface area contributed by atoms with Gasteiger partial charge in [0.05, 0.1) is 6.54 Å². The third-order valence-electron chi connectivity index (χ3n) is 3.89. The fourth-order valence-corrected chi connectivity index (χ4v) is 2.64. The molecule has 0 amide bonds. The number of likely N-dealkylation sites (N-methyl/N-ethyl adjacent to an activating group) is 1. The Morgan fingerprint density at radius 1 is 1.29 bits per heavy atom. The second-order valence-electron chi connectivity index (χ2n) is 5.53. The average Bonchev–Trinajstić information content (AvgIpc) is 2.69. The summed E-state index contributed by atoms with van der Waals surface area (Å²) in [4.78, 5) is 14.4. The van der Waals surface area contributed by atoms with Gasteiger partial charge >= 0.3 is 0 Å². The number of Topliss-reactive ketones (excluding diaryl/α,β-unsaturated/α-hetero) is 1. The van der Waals surface area contributed by atoms with E-state index in [-0.39, 0.29) is 5.78 Å². The van der Waals surface area contributed by atoms with E-state index in [4.69, 9.17) is 11.6 Å². The molecular weight excluding hydrogens is 284 g/mol. The quantitative estimate of drug-likeness (QED) is 0.789. The summed E-state index contributed by atoms with van der Waals surface area (Å²) in [7, 11) is 3.92. The number of hydrogen-bond donors (Lipinski definition) is 0. The van der Waals surface area contributed by atoms with Crippen LogP contribution in [0.1, 0.15) is 27.3 Å². The van der Waals surface area contributed by atoms with E-state index in [0.29, 0.717) is 13.1 Å². The van der Waals surface area contributed by atoms with Crippen LogP contribution in [0.2, 0.25) is 5.02 Å². The molecule has 112 valence electrons. The largest absolute Gasteiger partial charge is 0.351 e. The molecule has 0 aliphatic carbocycles. The molecule has 0 bridgehead atoms. The van der Waals surface area contributed by atoms with E-state index in [0.717, 1.165) is 27.5 Å². The molecule has 0 aliphatic rings. The van der Waals surface area contributed by atoms with Crippen molar-refractivity contribution in [3.05, 3.63) is 57.9 Å². The van der Waals surface area contributed by atoms with Crippen molar-refractivity contribution in [2.75, 3.05) is 13.6 Å². The zero-order valence-electron chi connectivity index (χ0n) is 13.0. The first-order chi connectivity index (χ1) is 9.90. The lowest BCUT2D eigenvalue weighted by molar-refractivity contribution is 0.0942. The number of benzene rings is 1. The summed E-state index contributed by atoms with van der Waals surface area (Å²) in [5, 5.41) is 0.739. The number of aromatic nitrogens is 1. The molecule has 0 atom stereocenters. The predicted molar refractivity (Wildman–Crippen MR) is 87.0 cm³/mol. The Bertz CT molecular complexity index is 661. The van der Waals surface area contributed by atoms with Gasteiger partial charge in [0.15, 0.2) is 5.78 Å². The number of rotatable bonds is 5. The van der Waals surface area contributed by atoms with E-state index in [2.05, 4.69) is 0 Å². The summed E-state index contributed by atoms with van der Waals surface area (Å²) in [6.07, 6.45) is 0. The summed E-state index contributed by atoms with van der Waals surface area (Å²) in [5.74, 6) is 0.144. The molecule has 0 radical (unpaired) electrons. The highest BCUT2D eigenvalue weighted by molar-refractivity contribution is 6.31. The predicted octanol–water partition coefficient (Wildman–Crippen LogP) is 3.61. The first kappa shape index (κ1) is 15.8. The number of hydrogen-bond acceptors (Lipinski definition) is 2. The lowest BCUT2D eigenvalue weighted by Crippen LogP contribution is -2.26. The van der Waals surface area contributed by atoms with Crippen LogP contribution < -0.4 is 0 Å².